The fourth-order valence-corrected chi connectivity index (χ4v) is 1.11. The van der Waals surface area contributed by atoms with Gasteiger partial charge in [-0.2, -0.15) is 5.26 Å². The van der Waals surface area contributed by atoms with Crippen LogP contribution in [0.1, 0.15) is 12.0 Å². The minimum Gasteiger partial charge on any atom is -0.508 e. The highest BCUT2D eigenvalue weighted by atomic mass is 16.5. The molecule has 0 fully saturated rings. The molecule has 0 saturated heterocycles. The van der Waals surface area contributed by atoms with Gasteiger partial charge in [-0.1, -0.05) is 0 Å². The van der Waals surface area contributed by atoms with Gasteiger partial charge in [-0.25, -0.2) is 0 Å². The quantitative estimate of drug-likeness (QED) is 0.766. The summed E-state index contributed by atoms with van der Waals surface area (Å²) in [6.07, 6.45) is 1.09. The second kappa shape index (κ2) is 4.36. The van der Waals surface area contributed by atoms with E-state index in [-0.39, 0.29) is 5.75 Å². The molecule has 0 saturated carbocycles. The molecule has 0 atom stereocenters. The second-order valence-electron chi connectivity index (χ2n) is 2.70. The summed E-state index contributed by atoms with van der Waals surface area (Å²) in [6, 6.07) is 7.04. The van der Waals surface area contributed by atoms with Crippen molar-refractivity contribution in [2.45, 2.75) is 12.8 Å². The molecule has 3 nitrogen and oxygen atoms in total. The van der Waals surface area contributed by atoms with Crippen LogP contribution in [0.4, 0.5) is 0 Å². The van der Waals surface area contributed by atoms with Crippen molar-refractivity contribution in [3.8, 4) is 17.6 Å². The summed E-state index contributed by atoms with van der Waals surface area (Å²) in [5, 5.41) is 17.6. The largest absolute Gasteiger partial charge is 0.508 e. The second-order valence-corrected chi connectivity index (χ2v) is 2.70. The SMILES string of the molecule is COc1cc(O)cc(CCC#N)c1. The number of aryl methyl sites for hydroxylation is 1. The summed E-state index contributed by atoms with van der Waals surface area (Å²) in [5.41, 5.74) is 0.915. The first-order chi connectivity index (χ1) is 6.26. The number of benzene rings is 1. The Bertz CT molecular complexity index is 328. The Labute approximate surface area is 77.2 Å². The van der Waals surface area contributed by atoms with Crippen molar-refractivity contribution in [3.63, 3.8) is 0 Å². The van der Waals surface area contributed by atoms with Gasteiger partial charge in [0, 0.05) is 12.5 Å². The Hall–Kier alpha value is -1.69. The molecule has 13 heavy (non-hydrogen) atoms. The highest BCUT2D eigenvalue weighted by Crippen LogP contribution is 2.21. The third-order valence-electron chi connectivity index (χ3n) is 1.71. The van der Waals surface area contributed by atoms with Crippen molar-refractivity contribution in [3.05, 3.63) is 23.8 Å². The van der Waals surface area contributed by atoms with E-state index in [1.165, 1.54) is 6.07 Å². The molecular formula is C10H11NO2. The lowest BCUT2D eigenvalue weighted by Gasteiger charge is -2.03. The van der Waals surface area contributed by atoms with Crippen molar-refractivity contribution in [2.75, 3.05) is 7.11 Å². The molecule has 1 rings (SSSR count). The number of nitriles is 1. The van der Waals surface area contributed by atoms with Gasteiger partial charge in [0.25, 0.3) is 0 Å². The molecule has 0 aliphatic rings. The van der Waals surface area contributed by atoms with Crippen LogP contribution in [0, 0.1) is 11.3 Å². The zero-order valence-electron chi connectivity index (χ0n) is 7.45. The van der Waals surface area contributed by atoms with Crippen molar-refractivity contribution >= 4 is 0 Å². The molecule has 0 bridgehead atoms. The lowest BCUT2D eigenvalue weighted by molar-refractivity contribution is 0.407. The molecule has 0 heterocycles. The lowest BCUT2D eigenvalue weighted by atomic mass is 10.1. The Morgan fingerprint density at radius 2 is 2.23 bits per heavy atom. The molecule has 0 aromatic heterocycles. The fourth-order valence-electron chi connectivity index (χ4n) is 1.11. The van der Waals surface area contributed by atoms with Crippen LogP contribution >= 0.6 is 0 Å². The average Bonchev–Trinajstić information content (AvgIpc) is 2.14. The molecule has 0 unspecified atom stereocenters. The van der Waals surface area contributed by atoms with Gasteiger partial charge in [-0.15, -0.1) is 0 Å². The van der Waals surface area contributed by atoms with Crippen LogP contribution in [0.5, 0.6) is 11.5 Å². The van der Waals surface area contributed by atoms with E-state index in [4.69, 9.17) is 10.00 Å². The highest BCUT2D eigenvalue weighted by molar-refractivity contribution is 5.37. The van der Waals surface area contributed by atoms with Crippen LogP contribution < -0.4 is 4.74 Å². The monoisotopic (exact) mass is 177 g/mol. The minimum absolute atomic E-state index is 0.173. The summed E-state index contributed by atoms with van der Waals surface area (Å²) < 4.78 is 4.97. The Morgan fingerprint density at radius 3 is 2.85 bits per heavy atom. The summed E-state index contributed by atoms with van der Waals surface area (Å²) >= 11 is 0. The van der Waals surface area contributed by atoms with Crippen molar-refractivity contribution in [1.82, 2.24) is 0 Å². The van der Waals surface area contributed by atoms with Crippen LogP contribution in [0.3, 0.4) is 0 Å². The van der Waals surface area contributed by atoms with Crippen LogP contribution in [0.2, 0.25) is 0 Å². The van der Waals surface area contributed by atoms with Crippen LogP contribution in [-0.4, -0.2) is 12.2 Å². The molecule has 1 N–H and O–H groups in total. The highest BCUT2D eigenvalue weighted by Gasteiger charge is 1.99. The predicted molar refractivity (Wildman–Crippen MR) is 48.6 cm³/mol. The van der Waals surface area contributed by atoms with Crippen LogP contribution in [0.25, 0.3) is 0 Å². The number of methoxy groups -OCH3 is 1. The smallest absolute Gasteiger partial charge is 0.122 e. The Kier molecular flexibility index (Phi) is 3.15. The van der Waals surface area contributed by atoms with Gasteiger partial charge < -0.3 is 9.84 Å². The Balaban J connectivity index is 2.83. The number of phenolic OH excluding ortho intramolecular Hbond substituents is 1. The first kappa shape index (κ1) is 9.40. The molecule has 3 heteroatoms. The molecule has 0 aliphatic heterocycles. The van der Waals surface area contributed by atoms with E-state index in [9.17, 15) is 5.11 Å². The van der Waals surface area contributed by atoms with Gasteiger partial charge in [0.1, 0.15) is 11.5 Å². The molecule has 1 aromatic carbocycles. The fraction of sp³-hybridized carbons (Fsp3) is 0.300. The summed E-state index contributed by atoms with van der Waals surface area (Å²) in [5.74, 6) is 0.792. The van der Waals surface area contributed by atoms with E-state index < -0.39 is 0 Å². The van der Waals surface area contributed by atoms with E-state index in [2.05, 4.69) is 6.07 Å². The van der Waals surface area contributed by atoms with Gasteiger partial charge in [0.2, 0.25) is 0 Å². The zero-order valence-corrected chi connectivity index (χ0v) is 7.45. The maximum Gasteiger partial charge on any atom is 0.122 e. The van der Waals surface area contributed by atoms with Gasteiger partial charge in [-0.05, 0) is 24.1 Å². The maximum atomic E-state index is 9.26. The standard InChI is InChI=1S/C10H11NO2/c1-13-10-6-8(3-2-4-11)5-9(12)7-10/h5-7,12H,2-3H2,1H3. The van der Waals surface area contributed by atoms with E-state index >= 15 is 0 Å². The van der Waals surface area contributed by atoms with E-state index in [1.54, 1.807) is 13.2 Å². The predicted octanol–water partition coefficient (Wildman–Crippen LogP) is 1.86. The molecule has 68 valence electrons. The van der Waals surface area contributed by atoms with Crippen molar-refractivity contribution in [2.24, 2.45) is 0 Å². The molecule has 0 aliphatic carbocycles. The van der Waals surface area contributed by atoms with Crippen LogP contribution in [0.15, 0.2) is 18.2 Å². The van der Waals surface area contributed by atoms with Gasteiger partial charge in [0.05, 0.1) is 13.2 Å². The molecule has 1 aromatic rings. The van der Waals surface area contributed by atoms with E-state index in [0.717, 1.165) is 5.56 Å². The zero-order chi connectivity index (χ0) is 9.68. The third-order valence-corrected chi connectivity index (χ3v) is 1.71. The normalized spacial score (nSPS) is 9.23. The average molecular weight is 177 g/mol. The lowest BCUT2D eigenvalue weighted by Crippen LogP contribution is -1.87. The first-order valence-electron chi connectivity index (χ1n) is 4.00. The number of hydrogen-bond donors (Lipinski definition) is 1. The maximum absolute atomic E-state index is 9.26. The molecule has 0 radical (unpaired) electrons. The first-order valence-corrected chi connectivity index (χ1v) is 4.00. The number of rotatable bonds is 3. The van der Waals surface area contributed by atoms with Gasteiger partial charge in [0.15, 0.2) is 0 Å². The van der Waals surface area contributed by atoms with Gasteiger partial charge in [-0.3, -0.25) is 0 Å². The molecular weight excluding hydrogens is 166 g/mol. The Morgan fingerprint density at radius 1 is 1.46 bits per heavy atom. The summed E-state index contributed by atoms with van der Waals surface area (Å²) in [7, 11) is 1.54. The number of phenols is 1. The topological polar surface area (TPSA) is 53.2 Å². The number of aromatic hydroxyl groups is 1. The summed E-state index contributed by atoms with van der Waals surface area (Å²) in [4.78, 5) is 0. The number of ether oxygens (including phenoxy) is 1. The number of hydrogen-bond acceptors (Lipinski definition) is 3. The van der Waals surface area contributed by atoms with Crippen molar-refractivity contribution < 1.29 is 9.84 Å². The van der Waals surface area contributed by atoms with E-state index in [0.29, 0.717) is 18.6 Å². The molecule has 0 amide bonds. The number of nitrogens with zero attached hydrogens (tertiary/aromatic N) is 1. The van der Waals surface area contributed by atoms with Crippen molar-refractivity contribution in [1.29, 1.82) is 5.26 Å². The van der Waals surface area contributed by atoms with Crippen LogP contribution in [-0.2, 0) is 6.42 Å². The van der Waals surface area contributed by atoms with E-state index in [1.807, 2.05) is 6.07 Å². The third kappa shape index (κ3) is 2.68. The summed E-state index contributed by atoms with van der Waals surface area (Å²) in [6.45, 7) is 0. The minimum atomic E-state index is 0.173. The van der Waals surface area contributed by atoms with Gasteiger partial charge >= 0.3 is 0 Å². The molecule has 0 spiro atoms.